The molecule has 5 nitrogen and oxygen atoms in total. The average Bonchev–Trinajstić information content (AvgIpc) is 2.97. The second-order valence-electron chi connectivity index (χ2n) is 4.24. The zero-order valence-electron chi connectivity index (χ0n) is 11.6. The van der Waals surface area contributed by atoms with E-state index in [9.17, 15) is 0 Å². The minimum Gasteiger partial charge on any atom is -0.493 e. The van der Waals surface area contributed by atoms with Gasteiger partial charge in [-0.05, 0) is 11.6 Å². The van der Waals surface area contributed by atoms with Gasteiger partial charge in [-0.2, -0.15) is 0 Å². The summed E-state index contributed by atoms with van der Waals surface area (Å²) >= 11 is 6.31. The molecule has 0 amide bonds. The molecule has 0 saturated carbocycles. The van der Waals surface area contributed by atoms with Gasteiger partial charge in [0.15, 0.2) is 11.5 Å². The third-order valence-corrected chi connectivity index (χ3v) is 3.39. The number of aromatic nitrogens is 2. The maximum absolute atomic E-state index is 6.31. The van der Waals surface area contributed by atoms with Crippen LogP contribution in [0.5, 0.6) is 11.5 Å². The van der Waals surface area contributed by atoms with Gasteiger partial charge in [0, 0.05) is 31.9 Å². The van der Waals surface area contributed by atoms with Gasteiger partial charge in [-0.1, -0.05) is 17.7 Å². The molecule has 1 heterocycles. The fourth-order valence-electron chi connectivity index (χ4n) is 1.93. The SMILES string of the molecule is COc1ccc(CNCCc2ncc[nH]2)c(Cl)c1OC. The lowest BCUT2D eigenvalue weighted by atomic mass is 10.2. The molecule has 108 valence electrons. The summed E-state index contributed by atoms with van der Waals surface area (Å²) in [6.45, 7) is 1.48. The van der Waals surface area contributed by atoms with Crippen molar-refractivity contribution in [3.8, 4) is 11.5 Å². The lowest BCUT2D eigenvalue weighted by molar-refractivity contribution is 0.354. The van der Waals surface area contributed by atoms with Gasteiger partial charge in [0.2, 0.25) is 0 Å². The summed E-state index contributed by atoms with van der Waals surface area (Å²) in [5.41, 5.74) is 0.976. The normalized spacial score (nSPS) is 10.6. The van der Waals surface area contributed by atoms with Crippen LogP contribution in [-0.2, 0) is 13.0 Å². The van der Waals surface area contributed by atoms with E-state index in [1.165, 1.54) is 0 Å². The second-order valence-corrected chi connectivity index (χ2v) is 4.61. The van der Waals surface area contributed by atoms with Crippen LogP contribution in [-0.4, -0.2) is 30.7 Å². The first kappa shape index (κ1) is 14.7. The van der Waals surface area contributed by atoms with Gasteiger partial charge in [0.25, 0.3) is 0 Å². The third kappa shape index (κ3) is 3.43. The van der Waals surface area contributed by atoms with Gasteiger partial charge in [-0.3, -0.25) is 0 Å². The molecule has 2 N–H and O–H groups in total. The Bertz CT molecular complexity index is 544. The molecule has 2 aromatic rings. The Labute approximate surface area is 123 Å². The van der Waals surface area contributed by atoms with E-state index < -0.39 is 0 Å². The minimum absolute atomic E-state index is 0.569. The predicted molar refractivity (Wildman–Crippen MR) is 78.6 cm³/mol. The van der Waals surface area contributed by atoms with Crippen LogP contribution in [0.3, 0.4) is 0 Å². The lowest BCUT2D eigenvalue weighted by Crippen LogP contribution is -2.17. The Morgan fingerprint density at radius 3 is 2.80 bits per heavy atom. The first-order valence-corrected chi connectivity index (χ1v) is 6.72. The predicted octanol–water partition coefficient (Wildman–Crippen LogP) is 2.41. The molecule has 20 heavy (non-hydrogen) atoms. The summed E-state index contributed by atoms with van der Waals surface area (Å²) in [4.78, 5) is 7.24. The van der Waals surface area contributed by atoms with Gasteiger partial charge in [0.1, 0.15) is 5.82 Å². The summed E-state index contributed by atoms with van der Waals surface area (Å²) in [5.74, 6) is 2.17. The number of benzene rings is 1. The van der Waals surface area contributed by atoms with E-state index in [0.29, 0.717) is 23.1 Å². The van der Waals surface area contributed by atoms with Crippen LogP contribution in [0.15, 0.2) is 24.5 Å². The number of hydrogen-bond donors (Lipinski definition) is 2. The van der Waals surface area contributed by atoms with Crippen molar-refractivity contribution in [1.29, 1.82) is 0 Å². The van der Waals surface area contributed by atoms with E-state index in [1.807, 2.05) is 18.3 Å². The highest BCUT2D eigenvalue weighted by Gasteiger charge is 2.12. The Morgan fingerprint density at radius 2 is 2.15 bits per heavy atom. The lowest BCUT2D eigenvalue weighted by Gasteiger charge is -2.13. The Hall–Kier alpha value is -1.72. The quantitative estimate of drug-likeness (QED) is 0.770. The number of methoxy groups -OCH3 is 2. The maximum atomic E-state index is 6.31. The van der Waals surface area contributed by atoms with Gasteiger partial charge < -0.3 is 19.8 Å². The second kappa shape index (κ2) is 7.17. The van der Waals surface area contributed by atoms with Crippen LogP contribution in [0.2, 0.25) is 5.02 Å². The summed E-state index contributed by atoms with van der Waals surface area (Å²) in [6, 6.07) is 3.79. The molecule has 0 fully saturated rings. The molecule has 1 aromatic heterocycles. The fourth-order valence-corrected chi connectivity index (χ4v) is 2.23. The number of nitrogens with one attached hydrogen (secondary N) is 2. The number of halogens is 1. The van der Waals surface area contributed by atoms with Crippen molar-refractivity contribution >= 4 is 11.6 Å². The van der Waals surface area contributed by atoms with Crippen molar-refractivity contribution in [3.63, 3.8) is 0 Å². The Balaban J connectivity index is 1.92. The first-order chi connectivity index (χ1) is 9.76. The topological polar surface area (TPSA) is 59.2 Å². The van der Waals surface area contributed by atoms with Crippen molar-refractivity contribution in [2.75, 3.05) is 20.8 Å². The van der Waals surface area contributed by atoms with E-state index in [1.54, 1.807) is 20.4 Å². The van der Waals surface area contributed by atoms with E-state index in [2.05, 4.69) is 15.3 Å². The van der Waals surface area contributed by atoms with E-state index in [0.717, 1.165) is 24.4 Å². The highest BCUT2D eigenvalue weighted by molar-refractivity contribution is 6.33. The van der Waals surface area contributed by atoms with Crippen LogP contribution in [0.4, 0.5) is 0 Å². The Morgan fingerprint density at radius 1 is 1.30 bits per heavy atom. The van der Waals surface area contributed by atoms with Crippen LogP contribution >= 0.6 is 11.6 Å². The summed E-state index contributed by atoms with van der Waals surface area (Å²) in [7, 11) is 3.17. The molecule has 0 unspecified atom stereocenters. The molecule has 2 rings (SSSR count). The summed E-state index contributed by atoms with van der Waals surface area (Å²) < 4.78 is 10.5. The number of rotatable bonds is 7. The van der Waals surface area contributed by atoms with Crippen molar-refractivity contribution in [2.24, 2.45) is 0 Å². The van der Waals surface area contributed by atoms with E-state index >= 15 is 0 Å². The number of H-pyrrole nitrogens is 1. The molecule has 0 radical (unpaired) electrons. The van der Waals surface area contributed by atoms with Gasteiger partial charge in [-0.25, -0.2) is 4.98 Å². The third-order valence-electron chi connectivity index (χ3n) is 2.97. The Kier molecular flexibility index (Phi) is 5.26. The highest BCUT2D eigenvalue weighted by atomic mass is 35.5. The van der Waals surface area contributed by atoms with Crippen molar-refractivity contribution in [1.82, 2.24) is 15.3 Å². The van der Waals surface area contributed by atoms with Crippen molar-refractivity contribution < 1.29 is 9.47 Å². The maximum Gasteiger partial charge on any atom is 0.179 e. The molecule has 6 heteroatoms. The van der Waals surface area contributed by atoms with Crippen LogP contribution in [0.25, 0.3) is 0 Å². The molecule has 0 spiro atoms. The molecule has 0 saturated heterocycles. The smallest absolute Gasteiger partial charge is 0.179 e. The standard InChI is InChI=1S/C14H18ClN3O2/c1-19-11-4-3-10(13(15)14(11)20-2)9-16-6-5-12-17-7-8-18-12/h3-4,7-8,16H,5-6,9H2,1-2H3,(H,17,18). The van der Waals surface area contributed by atoms with Crippen molar-refractivity contribution in [3.05, 3.63) is 40.9 Å². The van der Waals surface area contributed by atoms with Crippen LogP contribution < -0.4 is 14.8 Å². The molecule has 0 aliphatic heterocycles. The van der Waals surface area contributed by atoms with Crippen LogP contribution in [0.1, 0.15) is 11.4 Å². The van der Waals surface area contributed by atoms with Crippen molar-refractivity contribution in [2.45, 2.75) is 13.0 Å². The molecular formula is C14H18ClN3O2. The van der Waals surface area contributed by atoms with Crippen LogP contribution in [0, 0.1) is 0 Å². The number of imidazole rings is 1. The molecule has 0 bridgehead atoms. The average molecular weight is 296 g/mol. The molecule has 0 atom stereocenters. The van der Waals surface area contributed by atoms with Gasteiger partial charge >= 0.3 is 0 Å². The molecule has 0 aliphatic carbocycles. The summed E-state index contributed by atoms with van der Waals surface area (Å²) in [6.07, 6.45) is 4.42. The van der Waals surface area contributed by atoms with E-state index in [4.69, 9.17) is 21.1 Å². The fraction of sp³-hybridized carbons (Fsp3) is 0.357. The van der Waals surface area contributed by atoms with Gasteiger partial charge in [0.05, 0.1) is 19.2 Å². The van der Waals surface area contributed by atoms with E-state index in [-0.39, 0.29) is 0 Å². The first-order valence-electron chi connectivity index (χ1n) is 6.34. The number of aromatic amines is 1. The molecule has 0 aliphatic rings. The summed E-state index contributed by atoms with van der Waals surface area (Å²) in [5, 5.41) is 3.91. The monoisotopic (exact) mass is 295 g/mol. The zero-order valence-corrected chi connectivity index (χ0v) is 12.3. The highest BCUT2D eigenvalue weighted by Crippen LogP contribution is 2.37. The molecular weight excluding hydrogens is 278 g/mol. The molecule has 1 aromatic carbocycles. The minimum atomic E-state index is 0.569. The number of hydrogen-bond acceptors (Lipinski definition) is 4. The zero-order chi connectivity index (χ0) is 14.4. The van der Waals surface area contributed by atoms with Gasteiger partial charge in [-0.15, -0.1) is 0 Å². The number of nitrogens with zero attached hydrogens (tertiary/aromatic N) is 1. The largest absolute Gasteiger partial charge is 0.493 e. The number of ether oxygens (including phenoxy) is 2.